The number of carbonyl (C=O) groups is 1. The molecule has 2 heterocycles. The summed E-state index contributed by atoms with van der Waals surface area (Å²) in [5, 5.41) is 3.45. The highest BCUT2D eigenvalue weighted by atomic mass is 32.2. The molecule has 108 valence electrons. The molecule has 1 N–H and O–H groups in total. The Labute approximate surface area is 126 Å². The van der Waals surface area contributed by atoms with Crippen molar-refractivity contribution in [3.63, 3.8) is 0 Å². The normalized spacial score (nSPS) is 13.6. The lowest BCUT2D eigenvalue weighted by atomic mass is 10.2. The molecule has 1 aliphatic heterocycles. The van der Waals surface area contributed by atoms with E-state index in [9.17, 15) is 4.79 Å². The van der Waals surface area contributed by atoms with Gasteiger partial charge in [0.25, 0.3) is 0 Å². The molecule has 0 fully saturated rings. The maximum Gasteiger partial charge on any atom is 0.327 e. The van der Waals surface area contributed by atoms with Crippen molar-refractivity contribution in [3.8, 4) is 5.75 Å². The molecular formula is C14H14N4O2S. The van der Waals surface area contributed by atoms with Crippen LogP contribution >= 0.6 is 11.8 Å². The first-order chi connectivity index (χ1) is 10.2. The summed E-state index contributed by atoms with van der Waals surface area (Å²) in [6, 6.07) is 7.15. The van der Waals surface area contributed by atoms with Crippen molar-refractivity contribution in [2.24, 2.45) is 0 Å². The van der Waals surface area contributed by atoms with Crippen LogP contribution in [0.2, 0.25) is 0 Å². The lowest BCUT2D eigenvalue weighted by Crippen LogP contribution is -2.39. The van der Waals surface area contributed by atoms with E-state index >= 15 is 0 Å². The van der Waals surface area contributed by atoms with Crippen LogP contribution < -0.4 is 15.0 Å². The van der Waals surface area contributed by atoms with Gasteiger partial charge < -0.3 is 4.74 Å². The van der Waals surface area contributed by atoms with Crippen LogP contribution in [0.15, 0.2) is 35.6 Å². The average molecular weight is 302 g/mol. The number of nitrogens with zero attached hydrogens (tertiary/aromatic N) is 3. The summed E-state index contributed by atoms with van der Waals surface area (Å²) in [5.41, 5.74) is 1.69. The quantitative estimate of drug-likeness (QED) is 0.697. The zero-order chi connectivity index (χ0) is 14.8. The van der Waals surface area contributed by atoms with E-state index in [2.05, 4.69) is 15.3 Å². The molecule has 0 saturated carbocycles. The van der Waals surface area contributed by atoms with E-state index in [-0.39, 0.29) is 6.03 Å². The van der Waals surface area contributed by atoms with Crippen molar-refractivity contribution in [1.29, 1.82) is 0 Å². The van der Waals surface area contributed by atoms with E-state index in [0.717, 1.165) is 17.0 Å². The number of thioether (sulfide) groups is 1. The number of urea groups is 1. The Balaban J connectivity index is 1.89. The van der Waals surface area contributed by atoms with Crippen LogP contribution in [0.1, 0.15) is 5.56 Å². The highest BCUT2D eigenvalue weighted by molar-refractivity contribution is 7.98. The smallest absolute Gasteiger partial charge is 0.327 e. The van der Waals surface area contributed by atoms with Gasteiger partial charge in [-0.2, -0.15) is 0 Å². The minimum atomic E-state index is -0.196. The van der Waals surface area contributed by atoms with Gasteiger partial charge in [0.05, 0.1) is 13.7 Å². The number of benzene rings is 1. The summed E-state index contributed by atoms with van der Waals surface area (Å²) in [5.74, 6) is 1.34. The molecule has 7 heteroatoms. The van der Waals surface area contributed by atoms with Gasteiger partial charge in [-0.25, -0.2) is 14.8 Å². The first-order valence-electron chi connectivity index (χ1n) is 6.33. The molecule has 1 aromatic heterocycles. The van der Waals surface area contributed by atoms with Crippen LogP contribution in [-0.4, -0.2) is 29.4 Å². The topological polar surface area (TPSA) is 67.3 Å². The van der Waals surface area contributed by atoms with Gasteiger partial charge in [0.2, 0.25) is 0 Å². The van der Waals surface area contributed by atoms with Crippen LogP contribution in [0.5, 0.6) is 5.75 Å². The summed E-state index contributed by atoms with van der Waals surface area (Å²) in [7, 11) is 1.61. The van der Waals surface area contributed by atoms with Crippen LogP contribution in [0.25, 0.3) is 0 Å². The number of ether oxygens (including phenoxy) is 1. The van der Waals surface area contributed by atoms with Crippen molar-refractivity contribution in [2.75, 3.05) is 23.6 Å². The molecule has 0 atom stereocenters. The highest BCUT2D eigenvalue weighted by Gasteiger charge is 2.25. The van der Waals surface area contributed by atoms with E-state index in [0.29, 0.717) is 17.5 Å². The fourth-order valence-corrected chi connectivity index (χ4v) is 2.44. The fraction of sp³-hybridized carbons (Fsp3) is 0.214. The van der Waals surface area contributed by atoms with Crippen LogP contribution in [0, 0.1) is 0 Å². The molecule has 0 bridgehead atoms. The second-order valence-corrected chi connectivity index (χ2v) is 5.22. The van der Waals surface area contributed by atoms with Gasteiger partial charge in [-0.1, -0.05) is 11.8 Å². The third kappa shape index (κ3) is 2.64. The summed E-state index contributed by atoms with van der Waals surface area (Å²) >= 11 is 1.44. The predicted molar refractivity (Wildman–Crippen MR) is 82.0 cm³/mol. The largest absolute Gasteiger partial charge is 0.497 e. The van der Waals surface area contributed by atoms with Crippen molar-refractivity contribution in [2.45, 2.75) is 11.7 Å². The predicted octanol–water partition coefficient (Wildman–Crippen LogP) is 2.76. The molecule has 0 aliphatic carbocycles. The molecule has 6 nitrogen and oxygen atoms in total. The number of anilines is 2. The number of hydrogen-bond acceptors (Lipinski definition) is 5. The molecule has 2 aromatic rings. The third-order valence-electron chi connectivity index (χ3n) is 3.21. The second-order valence-electron chi connectivity index (χ2n) is 4.44. The first-order valence-corrected chi connectivity index (χ1v) is 7.56. The lowest BCUT2D eigenvalue weighted by Gasteiger charge is -2.28. The number of methoxy groups -OCH3 is 1. The van der Waals surface area contributed by atoms with Crippen molar-refractivity contribution < 1.29 is 9.53 Å². The minimum absolute atomic E-state index is 0.196. The van der Waals surface area contributed by atoms with Crippen molar-refractivity contribution in [1.82, 2.24) is 9.97 Å². The first kappa shape index (κ1) is 13.7. The van der Waals surface area contributed by atoms with Crippen LogP contribution in [0.4, 0.5) is 16.3 Å². The second kappa shape index (κ2) is 5.61. The zero-order valence-corrected chi connectivity index (χ0v) is 12.5. The maximum absolute atomic E-state index is 12.2. The Kier molecular flexibility index (Phi) is 3.66. The van der Waals surface area contributed by atoms with Gasteiger partial charge in [0, 0.05) is 17.4 Å². The fourth-order valence-electron chi connectivity index (χ4n) is 2.09. The number of fused-ring (bicyclic) bond motifs is 1. The molecule has 2 amide bonds. The van der Waals surface area contributed by atoms with E-state index in [1.165, 1.54) is 11.8 Å². The van der Waals surface area contributed by atoms with Crippen molar-refractivity contribution in [3.05, 3.63) is 36.0 Å². The lowest BCUT2D eigenvalue weighted by molar-refractivity contribution is 0.256. The molecule has 21 heavy (non-hydrogen) atoms. The molecule has 0 spiro atoms. The number of hydrogen-bond donors (Lipinski definition) is 1. The van der Waals surface area contributed by atoms with Gasteiger partial charge in [0.15, 0.2) is 5.16 Å². The summed E-state index contributed by atoms with van der Waals surface area (Å²) in [6.07, 6.45) is 3.65. The summed E-state index contributed by atoms with van der Waals surface area (Å²) in [4.78, 5) is 22.4. The Morgan fingerprint density at radius 2 is 2.10 bits per heavy atom. The molecule has 0 saturated heterocycles. The summed E-state index contributed by atoms with van der Waals surface area (Å²) in [6.45, 7) is 0.447. The van der Waals surface area contributed by atoms with Gasteiger partial charge in [-0.3, -0.25) is 10.2 Å². The molecule has 1 aliphatic rings. The Morgan fingerprint density at radius 1 is 1.33 bits per heavy atom. The monoisotopic (exact) mass is 302 g/mol. The van der Waals surface area contributed by atoms with Crippen LogP contribution in [-0.2, 0) is 6.54 Å². The number of aromatic nitrogens is 2. The SMILES string of the molecule is COc1ccc(N2Cc3cnc(SC)nc3NC2=O)cc1. The standard InChI is InChI=1S/C14H14N4O2S/c1-20-11-5-3-10(4-6-11)18-8-9-7-15-13(21-2)16-12(9)17-14(18)19/h3-7H,8H2,1-2H3,(H,15,16,17,19). The third-order valence-corrected chi connectivity index (χ3v) is 3.77. The number of nitrogens with one attached hydrogen (secondary N) is 1. The number of amides is 2. The number of rotatable bonds is 3. The average Bonchev–Trinajstić information content (AvgIpc) is 2.53. The van der Waals surface area contributed by atoms with Gasteiger partial charge >= 0.3 is 6.03 Å². The Hall–Kier alpha value is -2.28. The molecule has 1 aromatic carbocycles. The molecule has 3 rings (SSSR count). The van der Waals surface area contributed by atoms with E-state index in [1.54, 1.807) is 18.2 Å². The minimum Gasteiger partial charge on any atom is -0.497 e. The van der Waals surface area contributed by atoms with Crippen molar-refractivity contribution >= 4 is 29.3 Å². The molecular weight excluding hydrogens is 288 g/mol. The number of carbonyl (C=O) groups excluding carboxylic acids is 1. The zero-order valence-electron chi connectivity index (χ0n) is 11.7. The van der Waals surface area contributed by atoms with Gasteiger partial charge in [-0.15, -0.1) is 0 Å². The van der Waals surface area contributed by atoms with E-state index < -0.39 is 0 Å². The van der Waals surface area contributed by atoms with Gasteiger partial charge in [0.1, 0.15) is 11.6 Å². The van der Waals surface area contributed by atoms with E-state index in [1.807, 2.05) is 30.5 Å². The molecule has 0 radical (unpaired) electrons. The Bertz CT molecular complexity index is 675. The van der Waals surface area contributed by atoms with E-state index in [4.69, 9.17) is 4.74 Å². The summed E-state index contributed by atoms with van der Waals surface area (Å²) < 4.78 is 5.12. The maximum atomic E-state index is 12.2. The highest BCUT2D eigenvalue weighted by Crippen LogP contribution is 2.28. The van der Waals surface area contributed by atoms with Gasteiger partial charge in [-0.05, 0) is 30.5 Å². The van der Waals surface area contributed by atoms with Crippen LogP contribution in [0.3, 0.4) is 0 Å². The Morgan fingerprint density at radius 3 is 2.76 bits per heavy atom. The molecule has 0 unspecified atom stereocenters.